The largest absolute Gasteiger partial charge is 0.322 e. The number of carbonyl (C=O) groups is 2. The van der Waals surface area contributed by atoms with Gasteiger partial charge in [0.05, 0.1) is 5.56 Å². The van der Waals surface area contributed by atoms with Crippen LogP contribution in [0.5, 0.6) is 0 Å². The number of hydrogen-bond acceptors (Lipinski definition) is 5. The van der Waals surface area contributed by atoms with E-state index in [2.05, 4.69) is 15.3 Å². The van der Waals surface area contributed by atoms with Crippen LogP contribution in [0.25, 0.3) is 0 Å². The number of pyridine rings is 2. The summed E-state index contributed by atoms with van der Waals surface area (Å²) in [6.45, 7) is 1.56. The molecule has 27 heavy (non-hydrogen) atoms. The second-order valence-electron chi connectivity index (χ2n) is 6.03. The molecule has 0 fully saturated rings. The van der Waals surface area contributed by atoms with Gasteiger partial charge in [-0.2, -0.15) is 0 Å². The zero-order valence-corrected chi connectivity index (χ0v) is 15.7. The van der Waals surface area contributed by atoms with Gasteiger partial charge in [0.15, 0.2) is 0 Å². The molecule has 136 valence electrons. The standard InChI is InChI=1S/C21H19N3O2S/c1-15(25)13-16-4-6-18(7-5-16)24-20(26)19-3-2-10-23-21(19)27-14-17-8-11-22-12-9-17/h2-12H,13-14H2,1H3,(H,24,26). The highest BCUT2D eigenvalue weighted by Gasteiger charge is 2.13. The van der Waals surface area contributed by atoms with E-state index >= 15 is 0 Å². The lowest BCUT2D eigenvalue weighted by molar-refractivity contribution is -0.116. The minimum atomic E-state index is -0.209. The number of hydrogen-bond donors (Lipinski definition) is 1. The number of aromatic nitrogens is 2. The Morgan fingerprint density at radius 1 is 0.963 bits per heavy atom. The molecule has 5 nitrogen and oxygen atoms in total. The van der Waals surface area contributed by atoms with Crippen LogP contribution in [0.2, 0.25) is 0 Å². The lowest BCUT2D eigenvalue weighted by atomic mass is 10.1. The van der Waals surface area contributed by atoms with Gasteiger partial charge in [-0.3, -0.25) is 14.6 Å². The topological polar surface area (TPSA) is 72.0 Å². The maximum atomic E-state index is 12.7. The molecule has 0 saturated carbocycles. The fourth-order valence-electron chi connectivity index (χ4n) is 2.50. The summed E-state index contributed by atoms with van der Waals surface area (Å²) in [7, 11) is 0. The predicted molar refractivity (Wildman–Crippen MR) is 107 cm³/mol. The summed E-state index contributed by atoms with van der Waals surface area (Å²) < 4.78 is 0. The molecule has 2 aromatic heterocycles. The van der Waals surface area contributed by atoms with Gasteiger partial charge in [-0.1, -0.05) is 12.1 Å². The highest BCUT2D eigenvalue weighted by Crippen LogP contribution is 2.24. The monoisotopic (exact) mass is 377 g/mol. The van der Waals surface area contributed by atoms with Gasteiger partial charge >= 0.3 is 0 Å². The predicted octanol–water partition coefficient (Wildman–Crippen LogP) is 4.15. The zero-order valence-electron chi connectivity index (χ0n) is 14.9. The number of nitrogens with one attached hydrogen (secondary N) is 1. The normalized spacial score (nSPS) is 10.4. The van der Waals surface area contributed by atoms with Crippen LogP contribution < -0.4 is 5.32 Å². The lowest BCUT2D eigenvalue weighted by Gasteiger charge is -2.09. The first kappa shape index (κ1) is 18.8. The van der Waals surface area contributed by atoms with Crippen molar-refractivity contribution in [1.29, 1.82) is 0 Å². The van der Waals surface area contributed by atoms with E-state index in [4.69, 9.17) is 0 Å². The first-order valence-electron chi connectivity index (χ1n) is 8.48. The van der Waals surface area contributed by atoms with Gasteiger partial charge in [-0.25, -0.2) is 4.98 Å². The number of carbonyl (C=O) groups excluding carboxylic acids is 2. The third kappa shape index (κ3) is 5.49. The molecule has 0 spiro atoms. The molecule has 0 aliphatic rings. The van der Waals surface area contributed by atoms with E-state index in [0.29, 0.717) is 28.5 Å². The Balaban J connectivity index is 1.68. The highest BCUT2D eigenvalue weighted by molar-refractivity contribution is 7.98. The van der Waals surface area contributed by atoms with E-state index in [0.717, 1.165) is 11.1 Å². The van der Waals surface area contributed by atoms with E-state index in [1.807, 2.05) is 24.3 Å². The van der Waals surface area contributed by atoms with Crippen LogP contribution in [0.15, 0.2) is 72.1 Å². The van der Waals surface area contributed by atoms with Crippen molar-refractivity contribution >= 4 is 29.1 Å². The van der Waals surface area contributed by atoms with Crippen LogP contribution >= 0.6 is 11.8 Å². The van der Waals surface area contributed by atoms with Gasteiger partial charge in [0.25, 0.3) is 5.91 Å². The third-order valence-corrected chi connectivity index (χ3v) is 4.88. The van der Waals surface area contributed by atoms with Gasteiger partial charge in [0.1, 0.15) is 10.8 Å². The molecule has 6 heteroatoms. The quantitative estimate of drug-likeness (QED) is 0.626. The number of anilines is 1. The zero-order chi connectivity index (χ0) is 19.1. The van der Waals surface area contributed by atoms with Crippen molar-refractivity contribution in [3.8, 4) is 0 Å². The maximum absolute atomic E-state index is 12.7. The third-order valence-electron chi connectivity index (χ3n) is 3.81. The van der Waals surface area contributed by atoms with Gasteiger partial charge in [-0.05, 0) is 54.4 Å². The Kier molecular flexibility index (Phi) is 6.33. The van der Waals surface area contributed by atoms with Crippen LogP contribution in [0.4, 0.5) is 5.69 Å². The molecule has 0 atom stereocenters. The van der Waals surface area contributed by atoms with Crippen molar-refractivity contribution in [3.05, 3.63) is 83.8 Å². The van der Waals surface area contributed by atoms with Gasteiger partial charge in [-0.15, -0.1) is 11.8 Å². The summed E-state index contributed by atoms with van der Waals surface area (Å²) >= 11 is 1.51. The van der Waals surface area contributed by atoms with E-state index in [9.17, 15) is 9.59 Å². The van der Waals surface area contributed by atoms with Crippen LogP contribution in [-0.2, 0) is 17.0 Å². The number of Topliss-reactive ketones (excluding diaryl/α,β-unsaturated/α-hetero) is 1. The van der Waals surface area contributed by atoms with E-state index in [-0.39, 0.29) is 11.7 Å². The van der Waals surface area contributed by atoms with Crippen molar-refractivity contribution < 1.29 is 9.59 Å². The fraction of sp³-hybridized carbons (Fsp3) is 0.143. The van der Waals surface area contributed by atoms with Crippen molar-refractivity contribution in [2.45, 2.75) is 24.1 Å². The summed E-state index contributed by atoms with van der Waals surface area (Å²) in [5.41, 5.74) is 3.26. The molecule has 1 aromatic carbocycles. The van der Waals surface area contributed by atoms with Gasteiger partial charge in [0, 0.05) is 36.5 Å². The Hall–Kier alpha value is -2.99. The van der Waals surface area contributed by atoms with Gasteiger partial charge in [0.2, 0.25) is 0 Å². The van der Waals surface area contributed by atoms with E-state index in [1.165, 1.54) is 11.8 Å². The number of benzene rings is 1. The maximum Gasteiger partial charge on any atom is 0.258 e. The number of thioether (sulfide) groups is 1. The molecule has 3 aromatic rings. The molecule has 0 saturated heterocycles. The number of rotatable bonds is 7. The molecule has 2 heterocycles. The first-order chi connectivity index (χ1) is 13.1. The summed E-state index contributed by atoms with van der Waals surface area (Å²) in [6.07, 6.45) is 5.57. The van der Waals surface area contributed by atoms with E-state index in [1.54, 1.807) is 49.8 Å². The summed E-state index contributed by atoms with van der Waals surface area (Å²) in [4.78, 5) is 32.2. The van der Waals surface area contributed by atoms with Crippen LogP contribution in [0, 0.1) is 0 Å². The molecule has 1 N–H and O–H groups in total. The van der Waals surface area contributed by atoms with Crippen molar-refractivity contribution in [2.24, 2.45) is 0 Å². The summed E-state index contributed by atoms with van der Waals surface area (Å²) in [5.74, 6) is 0.609. The number of ketones is 1. The first-order valence-corrected chi connectivity index (χ1v) is 9.47. The average molecular weight is 377 g/mol. The minimum Gasteiger partial charge on any atom is -0.322 e. The molecular formula is C21H19N3O2S. The smallest absolute Gasteiger partial charge is 0.258 e. The van der Waals surface area contributed by atoms with Crippen molar-refractivity contribution in [2.75, 3.05) is 5.32 Å². The van der Waals surface area contributed by atoms with Crippen LogP contribution in [0.1, 0.15) is 28.4 Å². The van der Waals surface area contributed by atoms with Crippen molar-refractivity contribution in [3.63, 3.8) is 0 Å². The fourth-order valence-corrected chi connectivity index (χ4v) is 3.45. The van der Waals surface area contributed by atoms with Crippen LogP contribution in [0.3, 0.4) is 0 Å². The highest BCUT2D eigenvalue weighted by atomic mass is 32.2. The Morgan fingerprint density at radius 3 is 2.41 bits per heavy atom. The molecule has 0 bridgehead atoms. The molecule has 0 radical (unpaired) electrons. The molecule has 0 aliphatic carbocycles. The number of nitrogens with zero attached hydrogens (tertiary/aromatic N) is 2. The van der Waals surface area contributed by atoms with E-state index < -0.39 is 0 Å². The SMILES string of the molecule is CC(=O)Cc1ccc(NC(=O)c2cccnc2SCc2ccncc2)cc1. The number of amides is 1. The molecule has 0 aliphatic heterocycles. The lowest BCUT2D eigenvalue weighted by Crippen LogP contribution is -2.13. The molecule has 3 rings (SSSR count). The molecule has 0 unspecified atom stereocenters. The summed E-state index contributed by atoms with van der Waals surface area (Å²) in [5, 5.41) is 3.57. The Bertz CT molecular complexity index is 928. The second-order valence-corrected chi connectivity index (χ2v) is 6.99. The minimum absolute atomic E-state index is 0.109. The Labute approximate surface area is 162 Å². The summed E-state index contributed by atoms with van der Waals surface area (Å²) in [6, 6.07) is 14.7. The van der Waals surface area contributed by atoms with Crippen LogP contribution in [-0.4, -0.2) is 21.7 Å². The average Bonchev–Trinajstić information content (AvgIpc) is 2.68. The van der Waals surface area contributed by atoms with Crippen molar-refractivity contribution in [1.82, 2.24) is 9.97 Å². The van der Waals surface area contributed by atoms with Gasteiger partial charge < -0.3 is 5.32 Å². The molecular weight excluding hydrogens is 358 g/mol. The second kappa shape index (κ2) is 9.09. The molecule has 1 amide bonds. The Morgan fingerprint density at radius 2 is 1.70 bits per heavy atom.